The van der Waals surface area contributed by atoms with Crippen LogP contribution in [0.4, 0.5) is 17.6 Å². The van der Waals surface area contributed by atoms with Crippen LogP contribution in [0.25, 0.3) is 11.1 Å². The van der Waals surface area contributed by atoms with Crippen LogP contribution < -0.4 is 10.1 Å². The number of carbonyl (C=O) groups is 1. The van der Waals surface area contributed by atoms with E-state index >= 15 is 0 Å². The minimum atomic E-state index is -4.59. The Kier molecular flexibility index (Phi) is 7.86. The lowest BCUT2D eigenvalue weighted by Gasteiger charge is -2.22. The van der Waals surface area contributed by atoms with E-state index in [4.69, 9.17) is 4.74 Å². The zero-order valence-corrected chi connectivity index (χ0v) is 21.8. The van der Waals surface area contributed by atoms with E-state index in [1.165, 1.54) is 16.8 Å². The number of nitrogens with zero attached hydrogens (tertiary/aromatic N) is 3. The van der Waals surface area contributed by atoms with Crippen LogP contribution in [0.5, 0.6) is 5.75 Å². The number of fused-ring (bicyclic) bond motifs is 1. The molecule has 0 aliphatic heterocycles. The molecule has 2 aromatic carbocycles. The van der Waals surface area contributed by atoms with Crippen LogP contribution in [-0.4, -0.2) is 27.8 Å². The maximum absolute atomic E-state index is 14.0. The first kappa shape index (κ1) is 27.4. The average Bonchev–Trinajstić information content (AvgIpc) is 3.32. The van der Waals surface area contributed by atoms with E-state index < -0.39 is 29.6 Å². The van der Waals surface area contributed by atoms with E-state index in [1.807, 2.05) is 30.3 Å². The second-order valence-electron chi connectivity index (χ2n) is 9.76. The Labute approximate surface area is 229 Å². The number of aromatic nitrogens is 3. The molecule has 208 valence electrons. The van der Waals surface area contributed by atoms with E-state index in [0.29, 0.717) is 35.5 Å². The molecule has 5 rings (SSSR count). The van der Waals surface area contributed by atoms with Crippen LogP contribution >= 0.6 is 0 Å². The quantitative estimate of drug-likeness (QED) is 0.269. The summed E-state index contributed by atoms with van der Waals surface area (Å²) < 4.78 is 61.4. The predicted octanol–water partition coefficient (Wildman–Crippen LogP) is 6.09. The van der Waals surface area contributed by atoms with Crippen LogP contribution in [0.3, 0.4) is 0 Å². The van der Waals surface area contributed by atoms with Gasteiger partial charge >= 0.3 is 6.18 Å². The van der Waals surface area contributed by atoms with Gasteiger partial charge in [0, 0.05) is 23.0 Å². The molecular weight excluding hydrogens is 524 g/mol. The molecule has 0 saturated heterocycles. The van der Waals surface area contributed by atoms with Gasteiger partial charge in [-0.15, -0.1) is 0 Å². The Hall–Kier alpha value is -4.21. The lowest BCUT2D eigenvalue weighted by atomic mass is 9.95. The van der Waals surface area contributed by atoms with Crippen molar-refractivity contribution in [2.24, 2.45) is 0 Å². The number of methoxy groups -OCH3 is 1. The summed E-state index contributed by atoms with van der Waals surface area (Å²) in [5, 5.41) is 6.76. The van der Waals surface area contributed by atoms with Crippen molar-refractivity contribution >= 4 is 5.91 Å². The Morgan fingerprint density at radius 1 is 1.07 bits per heavy atom. The lowest BCUT2D eigenvalue weighted by molar-refractivity contribution is -0.142. The van der Waals surface area contributed by atoms with Crippen molar-refractivity contribution in [3.8, 4) is 16.9 Å². The molecule has 0 saturated carbocycles. The molecule has 1 aliphatic carbocycles. The van der Waals surface area contributed by atoms with Gasteiger partial charge in [0.1, 0.15) is 18.1 Å². The number of amides is 1. The smallest absolute Gasteiger partial charge is 0.435 e. The van der Waals surface area contributed by atoms with Crippen molar-refractivity contribution in [2.45, 2.75) is 50.9 Å². The number of ether oxygens (including phenoxy) is 1. The normalized spacial score (nSPS) is 13.9. The number of nitrogens with one attached hydrogen (secondary N) is 1. The fourth-order valence-electron chi connectivity index (χ4n) is 5.23. The van der Waals surface area contributed by atoms with Gasteiger partial charge in [0.05, 0.1) is 18.8 Å². The molecule has 40 heavy (non-hydrogen) atoms. The first-order valence-electron chi connectivity index (χ1n) is 13.0. The fraction of sp³-hybridized carbons (Fsp3) is 0.300. The molecule has 0 bridgehead atoms. The molecule has 1 atom stereocenters. The molecule has 1 N–H and O–H groups in total. The highest BCUT2D eigenvalue weighted by molar-refractivity contribution is 5.77. The highest BCUT2D eigenvalue weighted by Crippen LogP contribution is 2.36. The summed E-state index contributed by atoms with van der Waals surface area (Å²) in [4.78, 5) is 17.9. The number of alkyl halides is 3. The zero-order chi connectivity index (χ0) is 28.3. The van der Waals surface area contributed by atoms with Crippen molar-refractivity contribution in [1.29, 1.82) is 0 Å². The Bertz CT molecular complexity index is 1500. The number of hydrogen-bond donors (Lipinski definition) is 1. The monoisotopic (exact) mass is 552 g/mol. The topological polar surface area (TPSA) is 69.0 Å². The first-order chi connectivity index (χ1) is 19.2. The van der Waals surface area contributed by atoms with Crippen molar-refractivity contribution in [3.63, 3.8) is 0 Å². The largest absolute Gasteiger partial charge is 0.497 e. The van der Waals surface area contributed by atoms with Crippen LogP contribution in [0.15, 0.2) is 66.9 Å². The molecule has 2 heterocycles. The number of halogens is 4. The van der Waals surface area contributed by atoms with E-state index in [1.54, 1.807) is 31.5 Å². The van der Waals surface area contributed by atoms with E-state index in [0.717, 1.165) is 17.5 Å². The molecular formula is C30H28F4N4O2. The highest BCUT2D eigenvalue weighted by atomic mass is 19.4. The van der Waals surface area contributed by atoms with Gasteiger partial charge in [-0.2, -0.15) is 18.3 Å². The molecule has 6 nitrogen and oxygen atoms in total. The molecule has 2 aromatic heterocycles. The van der Waals surface area contributed by atoms with Crippen molar-refractivity contribution in [2.75, 3.05) is 7.11 Å². The van der Waals surface area contributed by atoms with E-state index in [-0.39, 0.29) is 24.9 Å². The van der Waals surface area contributed by atoms with Crippen molar-refractivity contribution in [1.82, 2.24) is 20.1 Å². The maximum Gasteiger partial charge on any atom is 0.435 e. The third kappa shape index (κ3) is 6.00. The van der Waals surface area contributed by atoms with Gasteiger partial charge in [0.25, 0.3) is 0 Å². The zero-order valence-electron chi connectivity index (χ0n) is 21.8. The van der Waals surface area contributed by atoms with Crippen LogP contribution in [0, 0.1) is 5.82 Å². The number of rotatable bonds is 8. The van der Waals surface area contributed by atoms with Crippen molar-refractivity contribution < 1.29 is 27.1 Å². The number of carbonyl (C=O) groups excluding carboxylic acids is 1. The summed E-state index contributed by atoms with van der Waals surface area (Å²) in [6, 6.07) is 16.4. The summed E-state index contributed by atoms with van der Waals surface area (Å²) in [7, 11) is 1.57. The van der Waals surface area contributed by atoms with Gasteiger partial charge in [-0.3, -0.25) is 14.5 Å². The average molecular weight is 553 g/mol. The third-order valence-corrected chi connectivity index (χ3v) is 7.05. The molecule has 0 fully saturated rings. The summed E-state index contributed by atoms with van der Waals surface area (Å²) in [5.41, 5.74) is 2.47. The number of benzene rings is 2. The second kappa shape index (κ2) is 11.5. The van der Waals surface area contributed by atoms with Gasteiger partial charge in [-0.25, -0.2) is 4.39 Å². The highest BCUT2D eigenvalue weighted by Gasteiger charge is 2.39. The van der Waals surface area contributed by atoms with Crippen LogP contribution in [0.1, 0.15) is 47.1 Å². The molecule has 0 spiro atoms. The molecule has 4 aromatic rings. The lowest BCUT2D eigenvalue weighted by Crippen LogP contribution is -2.34. The molecule has 1 aliphatic rings. The van der Waals surface area contributed by atoms with Crippen LogP contribution in [-0.2, 0) is 36.8 Å². The third-order valence-electron chi connectivity index (χ3n) is 7.05. The van der Waals surface area contributed by atoms with E-state index in [9.17, 15) is 22.4 Å². The minimum Gasteiger partial charge on any atom is -0.497 e. The summed E-state index contributed by atoms with van der Waals surface area (Å²) in [5.74, 6) is -0.251. The second-order valence-corrected chi connectivity index (χ2v) is 9.76. The minimum absolute atomic E-state index is 0.175. The standard InChI is InChI=1S/C30H28F4N4O2/c1-40-22-13-11-20(12-14-22)23-9-5-15-35-28(23)25(17-19-6-4-7-21(31)16-19)36-27(39)18-38-26-10-3-2-8-24(26)29(37-38)30(32,33)34/h4-7,9,11-16,25H,2-3,8,10,17-18H2,1H3,(H,36,39)/t25-/m0/s1. The predicted molar refractivity (Wildman–Crippen MR) is 141 cm³/mol. The van der Waals surface area contributed by atoms with Gasteiger partial charge < -0.3 is 10.1 Å². The molecule has 0 radical (unpaired) electrons. The number of pyridine rings is 1. The van der Waals surface area contributed by atoms with Crippen molar-refractivity contribution in [3.05, 3.63) is 101 Å². The Balaban J connectivity index is 1.47. The molecule has 0 unspecified atom stereocenters. The van der Waals surface area contributed by atoms with E-state index in [2.05, 4.69) is 15.4 Å². The SMILES string of the molecule is COc1ccc(-c2cccnc2[C@H](Cc2cccc(F)c2)NC(=O)Cn2nc(C(F)(F)F)c3c2CCCC3)cc1. The Morgan fingerprint density at radius 3 is 2.58 bits per heavy atom. The first-order valence-corrected chi connectivity index (χ1v) is 13.0. The fourth-order valence-corrected chi connectivity index (χ4v) is 5.23. The van der Waals surface area contributed by atoms with Gasteiger partial charge in [-0.1, -0.05) is 30.3 Å². The molecule has 10 heteroatoms. The van der Waals surface area contributed by atoms with Gasteiger partial charge in [-0.05, 0) is 73.6 Å². The Morgan fingerprint density at radius 2 is 1.85 bits per heavy atom. The molecule has 1 amide bonds. The summed E-state index contributed by atoms with van der Waals surface area (Å²) in [6.45, 7) is -0.372. The summed E-state index contributed by atoms with van der Waals surface area (Å²) >= 11 is 0. The summed E-state index contributed by atoms with van der Waals surface area (Å²) in [6.07, 6.45) is -0.671. The van der Waals surface area contributed by atoms with Gasteiger partial charge in [0.15, 0.2) is 5.69 Å². The number of hydrogen-bond acceptors (Lipinski definition) is 4. The van der Waals surface area contributed by atoms with Crippen LogP contribution in [0.2, 0.25) is 0 Å². The maximum atomic E-state index is 14.0. The van der Waals surface area contributed by atoms with Gasteiger partial charge in [0.2, 0.25) is 5.91 Å².